The lowest BCUT2D eigenvalue weighted by Gasteiger charge is -2.19. The zero-order valence-corrected chi connectivity index (χ0v) is 16.1. The van der Waals surface area contributed by atoms with Crippen molar-refractivity contribution in [2.75, 3.05) is 13.2 Å². The smallest absolute Gasteiger partial charge is 0.224 e. The number of carbonyl (C=O) groups is 1. The molecule has 2 aromatic rings. The minimum Gasteiger partial charge on any atom is -0.492 e. The van der Waals surface area contributed by atoms with Crippen LogP contribution in [-0.2, 0) is 23.7 Å². The summed E-state index contributed by atoms with van der Waals surface area (Å²) >= 11 is 0. The number of aryl methyl sites for hydroxylation is 2. The van der Waals surface area contributed by atoms with Crippen LogP contribution in [0.4, 0.5) is 0 Å². The molecule has 0 aliphatic heterocycles. The molecule has 0 saturated heterocycles. The van der Waals surface area contributed by atoms with Gasteiger partial charge in [-0.3, -0.25) is 9.48 Å². The number of nitrogens with one attached hydrogen (secondary N) is 1. The van der Waals surface area contributed by atoms with E-state index in [-0.39, 0.29) is 11.3 Å². The molecule has 136 valence electrons. The van der Waals surface area contributed by atoms with Gasteiger partial charge in [0.1, 0.15) is 12.4 Å². The third-order valence-corrected chi connectivity index (χ3v) is 4.41. The normalized spacial score (nSPS) is 11.4. The average Bonchev–Trinajstić information content (AvgIpc) is 2.77. The molecule has 1 aromatic heterocycles. The Kier molecular flexibility index (Phi) is 5.88. The van der Waals surface area contributed by atoms with Crippen LogP contribution in [0, 0.1) is 13.8 Å². The van der Waals surface area contributed by atoms with Gasteiger partial charge in [0.25, 0.3) is 0 Å². The second-order valence-electron chi connectivity index (χ2n) is 7.42. The molecule has 1 N–H and O–H groups in total. The summed E-state index contributed by atoms with van der Waals surface area (Å²) in [6.07, 6.45) is 0.353. The van der Waals surface area contributed by atoms with Crippen LogP contribution in [0.25, 0.3) is 0 Å². The van der Waals surface area contributed by atoms with E-state index in [2.05, 4.69) is 43.3 Å². The fourth-order valence-corrected chi connectivity index (χ4v) is 2.71. The molecule has 0 fully saturated rings. The lowest BCUT2D eigenvalue weighted by atomic mass is 9.87. The van der Waals surface area contributed by atoms with Crippen LogP contribution < -0.4 is 10.1 Å². The molecule has 2 rings (SSSR count). The van der Waals surface area contributed by atoms with Crippen LogP contribution in [0.15, 0.2) is 24.3 Å². The Balaban J connectivity index is 1.76. The Hall–Kier alpha value is -2.30. The molecule has 0 saturated carbocycles. The fraction of sp³-hybridized carbons (Fsp3) is 0.500. The molecule has 0 atom stereocenters. The van der Waals surface area contributed by atoms with Gasteiger partial charge in [0, 0.05) is 18.3 Å². The molecule has 0 radical (unpaired) electrons. The quantitative estimate of drug-likeness (QED) is 0.820. The van der Waals surface area contributed by atoms with E-state index in [9.17, 15) is 4.79 Å². The summed E-state index contributed by atoms with van der Waals surface area (Å²) in [6.45, 7) is 11.4. The molecule has 0 bridgehead atoms. The van der Waals surface area contributed by atoms with E-state index in [0.717, 1.165) is 22.7 Å². The highest BCUT2D eigenvalue weighted by molar-refractivity contribution is 5.79. The second kappa shape index (κ2) is 7.72. The van der Waals surface area contributed by atoms with Crippen LogP contribution in [0.3, 0.4) is 0 Å². The molecular formula is C20H29N3O2. The molecule has 0 spiro atoms. The van der Waals surface area contributed by atoms with E-state index < -0.39 is 0 Å². The third-order valence-electron chi connectivity index (χ3n) is 4.41. The number of aromatic nitrogens is 2. The van der Waals surface area contributed by atoms with Crippen molar-refractivity contribution in [3.05, 3.63) is 46.8 Å². The maximum atomic E-state index is 12.1. The summed E-state index contributed by atoms with van der Waals surface area (Å²) < 4.78 is 7.50. The van der Waals surface area contributed by atoms with E-state index in [0.29, 0.717) is 19.6 Å². The van der Waals surface area contributed by atoms with E-state index >= 15 is 0 Å². The summed E-state index contributed by atoms with van der Waals surface area (Å²) in [4.78, 5) is 12.1. The van der Waals surface area contributed by atoms with Crippen LogP contribution >= 0.6 is 0 Å². The summed E-state index contributed by atoms with van der Waals surface area (Å²) in [5.41, 5.74) is 4.34. The number of benzene rings is 1. The van der Waals surface area contributed by atoms with Gasteiger partial charge < -0.3 is 10.1 Å². The van der Waals surface area contributed by atoms with Crippen LogP contribution in [0.5, 0.6) is 5.75 Å². The van der Waals surface area contributed by atoms with Gasteiger partial charge in [-0.15, -0.1) is 0 Å². The van der Waals surface area contributed by atoms with Crippen molar-refractivity contribution in [3.8, 4) is 5.75 Å². The number of ether oxygens (including phenoxy) is 1. The van der Waals surface area contributed by atoms with Gasteiger partial charge in [-0.05, 0) is 37.0 Å². The van der Waals surface area contributed by atoms with Gasteiger partial charge in [-0.25, -0.2) is 0 Å². The molecule has 0 aliphatic carbocycles. The zero-order valence-electron chi connectivity index (χ0n) is 16.1. The minimum absolute atomic E-state index is 0.00844. The number of amides is 1. The highest BCUT2D eigenvalue weighted by Gasteiger charge is 2.14. The van der Waals surface area contributed by atoms with Gasteiger partial charge in [0.05, 0.1) is 18.7 Å². The molecule has 5 heteroatoms. The topological polar surface area (TPSA) is 56.2 Å². The van der Waals surface area contributed by atoms with E-state index in [4.69, 9.17) is 4.74 Å². The highest BCUT2D eigenvalue weighted by atomic mass is 16.5. The van der Waals surface area contributed by atoms with Crippen molar-refractivity contribution in [2.45, 2.75) is 46.5 Å². The molecule has 1 aromatic carbocycles. The fourth-order valence-electron chi connectivity index (χ4n) is 2.71. The van der Waals surface area contributed by atoms with E-state index in [1.165, 1.54) is 5.56 Å². The lowest BCUT2D eigenvalue weighted by Crippen LogP contribution is -2.29. The summed E-state index contributed by atoms with van der Waals surface area (Å²) in [5, 5.41) is 7.24. The standard InChI is InChI=1S/C20H29N3O2/c1-14-18(15(2)23(6)22-14)13-19(24)21-11-12-25-17-9-7-16(8-10-17)20(3,4)5/h7-10H,11-13H2,1-6H3,(H,21,24). The number of carbonyl (C=O) groups excluding carboxylic acids is 1. The predicted molar refractivity (Wildman–Crippen MR) is 100 cm³/mol. The lowest BCUT2D eigenvalue weighted by molar-refractivity contribution is -0.120. The second-order valence-corrected chi connectivity index (χ2v) is 7.42. The van der Waals surface area contributed by atoms with Gasteiger partial charge in [-0.2, -0.15) is 5.10 Å². The first-order valence-corrected chi connectivity index (χ1v) is 8.67. The maximum Gasteiger partial charge on any atom is 0.224 e. The van der Waals surface area contributed by atoms with E-state index in [1.807, 2.05) is 37.7 Å². The molecule has 0 aliphatic rings. The number of nitrogens with zero attached hydrogens (tertiary/aromatic N) is 2. The van der Waals surface area contributed by atoms with Gasteiger partial charge in [-0.1, -0.05) is 32.9 Å². The van der Waals surface area contributed by atoms with Gasteiger partial charge in [0.15, 0.2) is 0 Å². The molecule has 1 heterocycles. The molecule has 5 nitrogen and oxygen atoms in total. The Morgan fingerprint density at radius 1 is 1.20 bits per heavy atom. The van der Waals surface area contributed by atoms with Crippen molar-refractivity contribution in [3.63, 3.8) is 0 Å². The first kappa shape index (κ1) is 19.0. The largest absolute Gasteiger partial charge is 0.492 e. The number of hydrogen-bond acceptors (Lipinski definition) is 3. The van der Waals surface area contributed by atoms with Crippen LogP contribution in [0.2, 0.25) is 0 Å². The predicted octanol–water partition coefficient (Wildman–Crippen LogP) is 3.07. The highest BCUT2D eigenvalue weighted by Crippen LogP contribution is 2.24. The molecule has 0 unspecified atom stereocenters. The summed E-state index contributed by atoms with van der Waals surface area (Å²) in [7, 11) is 1.89. The zero-order chi connectivity index (χ0) is 18.6. The third kappa shape index (κ3) is 5.08. The average molecular weight is 343 g/mol. The summed E-state index contributed by atoms with van der Waals surface area (Å²) in [5.74, 6) is 0.812. The number of hydrogen-bond donors (Lipinski definition) is 1. The first-order valence-electron chi connectivity index (χ1n) is 8.67. The van der Waals surface area contributed by atoms with Crippen molar-refractivity contribution in [1.29, 1.82) is 0 Å². The SMILES string of the molecule is Cc1nn(C)c(C)c1CC(=O)NCCOc1ccc(C(C)(C)C)cc1. The van der Waals surface area contributed by atoms with Crippen molar-refractivity contribution in [1.82, 2.24) is 15.1 Å². The van der Waals surface area contributed by atoms with Crippen molar-refractivity contribution < 1.29 is 9.53 Å². The molecule has 25 heavy (non-hydrogen) atoms. The van der Waals surface area contributed by atoms with Gasteiger partial charge >= 0.3 is 0 Å². The Bertz CT molecular complexity index is 725. The Labute approximate surface area is 150 Å². The Morgan fingerprint density at radius 3 is 2.36 bits per heavy atom. The monoisotopic (exact) mass is 343 g/mol. The summed E-state index contributed by atoms with van der Waals surface area (Å²) in [6, 6.07) is 8.12. The Morgan fingerprint density at radius 2 is 1.84 bits per heavy atom. The van der Waals surface area contributed by atoms with Crippen LogP contribution in [-0.4, -0.2) is 28.8 Å². The van der Waals surface area contributed by atoms with Crippen LogP contribution in [0.1, 0.15) is 43.3 Å². The van der Waals surface area contributed by atoms with Gasteiger partial charge in [0.2, 0.25) is 5.91 Å². The molecular weight excluding hydrogens is 314 g/mol. The first-order chi connectivity index (χ1) is 11.7. The van der Waals surface area contributed by atoms with Crippen molar-refractivity contribution in [2.24, 2.45) is 7.05 Å². The van der Waals surface area contributed by atoms with E-state index in [1.54, 1.807) is 0 Å². The van der Waals surface area contributed by atoms with Crippen molar-refractivity contribution >= 4 is 5.91 Å². The number of rotatable bonds is 6. The molecule has 1 amide bonds. The minimum atomic E-state index is -0.00844. The maximum absolute atomic E-state index is 12.1.